The number of fused-ring (bicyclic) bond motifs is 1. The minimum Gasteiger partial charge on any atom is -0.497 e. The number of hydrogen-bond donors (Lipinski definition) is 2. The number of para-hydroxylation sites is 1. The van der Waals surface area contributed by atoms with E-state index in [1.807, 2.05) is 72.2 Å². The second-order valence-corrected chi connectivity index (χ2v) is 8.04. The van der Waals surface area contributed by atoms with Crippen LogP contribution in [0.2, 0.25) is 0 Å². The van der Waals surface area contributed by atoms with Crippen LogP contribution in [0.4, 0.5) is 0 Å². The first kappa shape index (κ1) is 19.1. The summed E-state index contributed by atoms with van der Waals surface area (Å²) in [4.78, 5) is 20.9. The summed E-state index contributed by atoms with van der Waals surface area (Å²) in [5, 5.41) is 12.4. The average Bonchev–Trinajstić information content (AvgIpc) is 3.52. The van der Waals surface area contributed by atoms with Gasteiger partial charge >= 0.3 is 5.97 Å². The third-order valence-electron chi connectivity index (χ3n) is 5.19. The predicted octanol–water partition coefficient (Wildman–Crippen LogP) is 5.52. The van der Waals surface area contributed by atoms with Crippen LogP contribution in [0.15, 0.2) is 72.2 Å². The van der Waals surface area contributed by atoms with E-state index in [1.165, 1.54) is 0 Å². The summed E-state index contributed by atoms with van der Waals surface area (Å²) in [6, 6.07) is 19.6. The van der Waals surface area contributed by atoms with E-state index in [2.05, 4.69) is 4.98 Å². The van der Waals surface area contributed by atoms with Crippen LogP contribution in [0.1, 0.15) is 0 Å². The van der Waals surface area contributed by atoms with E-state index in [1.54, 1.807) is 23.0 Å². The zero-order chi connectivity index (χ0) is 21.4. The van der Waals surface area contributed by atoms with Gasteiger partial charge in [0.15, 0.2) is 0 Å². The van der Waals surface area contributed by atoms with Crippen molar-refractivity contribution >= 4 is 28.2 Å². The van der Waals surface area contributed by atoms with Gasteiger partial charge in [0.1, 0.15) is 18.1 Å². The molecule has 5 rings (SSSR count). The number of ether oxygens (including phenoxy) is 1. The van der Waals surface area contributed by atoms with Crippen LogP contribution in [0.5, 0.6) is 5.75 Å². The Kier molecular flexibility index (Phi) is 4.80. The number of benzene rings is 2. The van der Waals surface area contributed by atoms with Gasteiger partial charge in [-0.15, -0.1) is 11.3 Å². The normalized spacial score (nSPS) is 11.1. The van der Waals surface area contributed by atoms with Crippen molar-refractivity contribution in [1.29, 1.82) is 0 Å². The van der Waals surface area contributed by atoms with Gasteiger partial charge in [0.05, 0.1) is 23.4 Å². The van der Waals surface area contributed by atoms with Gasteiger partial charge in [0.25, 0.3) is 0 Å². The summed E-state index contributed by atoms with van der Waals surface area (Å²) in [7, 11) is 1.64. The van der Waals surface area contributed by atoms with Crippen molar-refractivity contribution in [1.82, 2.24) is 14.5 Å². The highest BCUT2D eigenvalue weighted by atomic mass is 32.1. The van der Waals surface area contributed by atoms with Crippen molar-refractivity contribution < 1.29 is 14.6 Å². The number of carbonyl (C=O) groups is 1. The van der Waals surface area contributed by atoms with Crippen LogP contribution in [-0.2, 0) is 11.3 Å². The molecule has 2 N–H and O–H groups in total. The molecular formula is C24H19N3O3S. The first-order chi connectivity index (χ1) is 15.1. The standard InChI is InChI=1S/C24H19N3O3S/c1-30-16-10-8-15(9-11-16)22-23(26-24(25-22)20-7-4-12-31-20)18-13-27(14-21(28)29)19-6-3-2-5-17(18)19/h2-13H,14H2,1H3,(H,25,26)(H,28,29). The fraction of sp³-hybridized carbons (Fsp3) is 0.0833. The van der Waals surface area contributed by atoms with E-state index in [9.17, 15) is 9.90 Å². The molecule has 3 aromatic heterocycles. The van der Waals surface area contributed by atoms with Gasteiger partial charge < -0.3 is 19.4 Å². The lowest BCUT2D eigenvalue weighted by atomic mass is 10.0. The second kappa shape index (κ2) is 7.77. The molecule has 0 saturated carbocycles. The van der Waals surface area contributed by atoms with Gasteiger partial charge in [0.2, 0.25) is 0 Å². The predicted molar refractivity (Wildman–Crippen MR) is 122 cm³/mol. The van der Waals surface area contributed by atoms with Crippen LogP contribution >= 0.6 is 11.3 Å². The van der Waals surface area contributed by atoms with E-state index in [0.29, 0.717) is 0 Å². The summed E-state index contributed by atoms with van der Waals surface area (Å²) < 4.78 is 7.06. The highest BCUT2D eigenvalue weighted by Crippen LogP contribution is 2.38. The summed E-state index contributed by atoms with van der Waals surface area (Å²) in [5.41, 5.74) is 4.40. The lowest BCUT2D eigenvalue weighted by Gasteiger charge is -2.04. The molecule has 6 nitrogen and oxygen atoms in total. The minimum atomic E-state index is -0.883. The number of aromatic amines is 1. The maximum Gasteiger partial charge on any atom is 0.323 e. The minimum absolute atomic E-state index is 0.107. The summed E-state index contributed by atoms with van der Waals surface area (Å²) in [5.74, 6) is 0.676. The van der Waals surface area contributed by atoms with Crippen LogP contribution in [0.3, 0.4) is 0 Å². The molecule has 7 heteroatoms. The molecule has 0 spiro atoms. The Bertz CT molecular complexity index is 1370. The highest BCUT2D eigenvalue weighted by molar-refractivity contribution is 7.13. The molecule has 0 atom stereocenters. The zero-order valence-electron chi connectivity index (χ0n) is 16.7. The molecule has 0 aliphatic rings. The number of hydrogen-bond acceptors (Lipinski definition) is 4. The first-order valence-electron chi connectivity index (χ1n) is 9.72. The van der Waals surface area contributed by atoms with E-state index in [-0.39, 0.29) is 6.54 Å². The maximum atomic E-state index is 11.4. The van der Waals surface area contributed by atoms with Gasteiger partial charge in [-0.1, -0.05) is 24.3 Å². The van der Waals surface area contributed by atoms with Gasteiger partial charge in [-0.2, -0.15) is 0 Å². The number of carboxylic acids is 1. The Morgan fingerprint density at radius 1 is 1.13 bits per heavy atom. The monoisotopic (exact) mass is 429 g/mol. The van der Waals surface area contributed by atoms with Crippen LogP contribution in [-0.4, -0.2) is 32.7 Å². The fourth-order valence-corrected chi connectivity index (χ4v) is 4.45. The molecule has 2 aromatic carbocycles. The Morgan fingerprint density at radius 3 is 2.65 bits per heavy atom. The molecule has 3 heterocycles. The van der Waals surface area contributed by atoms with Crippen molar-refractivity contribution in [3.8, 4) is 39.0 Å². The third kappa shape index (κ3) is 3.49. The van der Waals surface area contributed by atoms with Crippen molar-refractivity contribution in [3.05, 3.63) is 72.2 Å². The van der Waals surface area contributed by atoms with Gasteiger partial charge in [-0.25, -0.2) is 4.98 Å². The molecule has 0 aliphatic heterocycles. The molecule has 0 bridgehead atoms. The lowest BCUT2D eigenvalue weighted by molar-refractivity contribution is -0.137. The molecular weight excluding hydrogens is 410 g/mol. The molecule has 0 radical (unpaired) electrons. The highest BCUT2D eigenvalue weighted by Gasteiger charge is 2.20. The number of thiophene rings is 1. The van der Waals surface area contributed by atoms with E-state index >= 15 is 0 Å². The molecule has 31 heavy (non-hydrogen) atoms. The number of imidazole rings is 1. The van der Waals surface area contributed by atoms with Gasteiger partial charge in [-0.05, 0) is 41.8 Å². The second-order valence-electron chi connectivity index (χ2n) is 7.10. The van der Waals surface area contributed by atoms with E-state index in [0.717, 1.165) is 49.9 Å². The number of methoxy groups -OCH3 is 1. The summed E-state index contributed by atoms with van der Waals surface area (Å²) in [6.07, 6.45) is 1.89. The number of nitrogens with one attached hydrogen (secondary N) is 1. The fourth-order valence-electron chi connectivity index (χ4n) is 3.78. The SMILES string of the molecule is COc1ccc(-c2nc(-c3cccs3)[nH]c2-c2cn(CC(=O)O)c3ccccc23)cc1. The van der Waals surface area contributed by atoms with Gasteiger partial charge in [0, 0.05) is 28.2 Å². The van der Waals surface area contributed by atoms with Crippen LogP contribution in [0, 0.1) is 0 Å². The molecule has 0 aliphatic carbocycles. The molecule has 0 saturated heterocycles. The summed E-state index contributed by atoms with van der Waals surface area (Å²) >= 11 is 1.62. The average molecular weight is 430 g/mol. The lowest BCUT2D eigenvalue weighted by Crippen LogP contribution is -2.07. The first-order valence-corrected chi connectivity index (χ1v) is 10.6. The van der Waals surface area contributed by atoms with Crippen molar-refractivity contribution in [2.45, 2.75) is 6.54 Å². The van der Waals surface area contributed by atoms with Crippen molar-refractivity contribution in [3.63, 3.8) is 0 Å². The molecule has 0 amide bonds. The number of nitrogens with zero attached hydrogens (tertiary/aromatic N) is 2. The van der Waals surface area contributed by atoms with Crippen LogP contribution in [0.25, 0.3) is 44.1 Å². The number of H-pyrrole nitrogens is 1. The number of aliphatic carboxylic acids is 1. The van der Waals surface area contributed by atoms with E-state index in [4.69, 9.17) is 9.72 Å². The third-order valence-corrected chi connectivity index (χ3v) is 6.06. The molecule has 154 valence electrons. The van der Waals surface area contributed by atoms with Crippen molar-refractivity contribution in [2.75, 3.05) is 7.11 Å². The van der Waals surface area contributed by atoms with Gasteiger partial charge in [-0.3, -0.25) is 4.79 Å². The summed E-state index contributed by atoms with van der Waals surface area (Å²) in [6.45, 7) is -0.107. The Morgan fingerprint density at radius 2 is 1.94 bits per heavy atom. The smallest absolute Gasteiger partial charge is 0.323 e. The number of aromatic nitrogens is 3. The Balaban J connectivity index is 1.74. The topological polar surface area (TPSA) is 80.1 Å². The maximum absolute atomic E-state index is 11.4. The largest absolute Gasteiger partial charge is 0.497 e. The van der Waals surface area contributed by atoms with Crippen LogP contribution < -0.4 is 4.74 Å². The molecule has 0 fully saturated rings. The Labute approximate surface area is 182 Å². The molecule has 5 aromatic rings. The van der Waals surface area contributed by atoms with E-state index < -0.39 is 5.97 Å². The van der Waals surface area contributed by atoms with Crippen molar-refractivity contribution in [2.24, 2.45) is 0 Å². The number of rotatable bonds is 6. The molecule has 0 unspecified atom stereocenters. The zero-order valence-corrected chi connectivity index (χ0v) is 17.5. The Hall–Kier alpha value is -3.84. The number of carboxylic acid groups (broad SMARTS) is 1. The quantitative estimate of drug-likeness (QED) is 0.372.